The van der Waals surface area contributed by atoms with E-state index in [0.29, 0.717) is 6.01 Å². The monoisotopic (exact) mass is 404 g/mol. The van der Waals surface area contributed by atoms with Crippen molar-refractivity contribution in [2.24, 2.45) is 0 Å². The van der Waals surface area contributed by atoms with Crippen LogP contribution in [0.15, 0.2) is 40.9 Å². The number of pyridine rings is 1. The van der Waals surface area contributed by atoms with Gasteiger partial charge in [-0.1, -0.05) is 12.1 Å². The van der Waals surface area contributed by atoms with Crippen LogP contribution in [0.3, 0.4) is 0 Å². The van der Waals surface area contributed by atoms with Crippen LogP contribution in [-0.2, 0) is 11.3 Å². The van der Waals surface area contributed by atoms with Crippen LogP contribution in [0, 0.1) is 0 Å². The van der Waals surface area contributed by atoms with Crippen molar-refractivity contribution in [2.75, 3.05) is 47.8 Å². The molecule has 0 radical (unpaired) electrons. The number of carbonyl (C=O) groups is 1. The Bertz CT molecular complexity index is 1070. The van der Waals surface area contributed by atoms with Gasteiger partial charge in [0.15, 0.2) is 11.4 Å². The zero-order valence-electron chi connectivity index (χ0n) is 16.8. The maximum Gasteiger partial charge on any atom is 0.298 e. The first-order valence-electron chi connectivity index (χ1n) is 10.6. The summed E-state index contributed by atoms with van der Waals surface area (Å²) in [4.78, 5) is 28.4. The molecule has 0 aliphatic carbocycles. The van der Waals surface area contributed by atoms with E-state index in [1.165, 1.54) is 0 Å². The van der Waals surface area contributed by atoms with E-state index >= 15 is 0 Å². The molecule has 2 fully saturated rings. The fourth-order valence-corrected chi connectivity index (χ4v) is 4.77. The lowest BCUT2D eigenvalue weighted by molar-refractivity contribution is -0.117. The Morgan fingerprint density at radius 1 is 1.13 bits per heavy atom. The third-order valence-corrected chi connectivity index (χ3v) is 6.34. The van der Waals surface area contributed by atoms with Gasteiger partial charge in [0.2, 0.25) is 5.91 Å². The van der Waals surface area contributed by atoms with Gasteiger partial charge >= 0.3 is 0 Å². The molecule has 1 unspecified atom stereocenters. The number of rotatable bonds is 3. The van der Waals surface area contributed by atoms with Crippen LogP contribution in [0.4, 0.5) is 17.5 Å². The molecule has 1 N–H and O–H groups in total. The van der Waals surface area contributed by atoms with E-state index < -0.39 is 0 Å². The predicted molar refractivity (Wildman–Crippen MR) is 115 cm³/mol. The van der Waals surface area contributed by atoms with Gasteiger partial charge in [-0.15, -0.1) is 0 Å². The second-order valence-electron chi connectivity index (χ2n) is 8.28. The minimum atomic E-state index is -0.0456. The quantitative estimate of drug-likeness (QED) is 0.718. The summed E-state index contributed by atoms with van der Waals surface area (Å²) in [7, 11) is 0. The van der Waals surface area contributed by atoms with Gasteiger partial charge in [-0.2, -0.15) is 4.98 Å². The molecular formula is C22H24N6O2. The van der Waals surface area contributed by atoms with E-state index in [1.807, 2.05) is 30.5 Å². The first kappa shape index (κ1) is 17.7. The average molecular weight is 404 g/mol. The van der Waals surface area contributed by atoms with Gasteiger partial charge in [0, 0.05) is 45.5 Å². The van der Waals surface area contributed by atoms with Gasteiger partial charge in [0.05, 0.1) is 5.69 Å². The standard InChI is InChI=1S/C22H24N6O2/c29-21-18-5-3-7-28(18)20-17(24-21)12-15(13-23-20)14-26-8-10-27(11-9-26)22-25-16-4-1-2-6-19(16)30-22/h1-2,4,6,12-13,18H,3,5,7-11,14H2,(H,24,29). The number of para-hydroxylation sites is 2. The third-order valence-electron chi connectivity index (χ3n) is 6.34. The Kier molecular flexibility index (Phi) is 4.12. The van der Waals surface area contributed by atoms with Crippen LogP contribution in [-0.4, -0.2) is 59.5 Å². The number of oxazole rings is 1. The Morgan fingerprint density at radius 2 is 2.00 bits per heavy atom. The number of hydrogen-bond donors (Lipinski definition) is 1. The van der Waals surface area contributed by atoms with Crippen LogP contribution in [0.2, 0.25) is 0 Å². The second kappa shape index (κ2) is 6.98. The molecule has 8 nitrogen and oxygen atoms in total. The van der Waals surface area contributed by atoms with E-state index in [-0.39, 0.29) is 11.9 Å². The summed E-state index contributed by atoms with van der Waals surface area (Å²) in [6, 6.07) is 10.6. The molecule has 30 heavy (non-hydrogen) atoms. The number of carbonyl (C=O) groups excluding carboxylic acids is 1. The molecule has 3 aromatic rings. The molecule has 6 rings (SSSR count). The molecule has 1 amide bonds. The van der Waals surface area contributed by atoms with Crippen molar-refractivity contribution in [3.63, 3.8) is 0 Å². The lowest BCUT2D eigenvalue weighted by Crippen LogP contribution is -2.46. The largest absolute Gasteiger partial charge is 0.423 e. The molecule has 8 heteroatoms. The highest BCUT2D eigenvalue weighted by Crippen LogP contribution is 2.35. The summed E-state index contributed by atoms with van der Waals surface area (Å²) in [5, 5.41) is 3.06. The molecule has 1 atom stereocenters. The zero-order chi connectivity index (χ0) is 20.1. The molecule has 3 aliphatic heterocycles. The summed E-state index contributed by atoms with van der Waals surface area (Å²) in [6.45, 7) is 5.33. The minimum Gasteiger partial charge on any atom is -0.423 e. The summed E-state index contributed by atoms with van der Waals surface area (Å²) in [6.07, 6.45) is 3.92. The summed E-state index contributed by atoms with van der Waals surface area (Å²) in [5.41, 5.74) is 3.71. The number of fused-ring (bicyclic) bond motifs is 4. The second-order valence-corrected chi connectivity index (χ2v) is 8.28. The first-order chi connectivity index (χ1) is 14.7. The Labute approximate surface area is 174 Å². The maximum absolute atomic E-state index is 12.4. The van der Waals surface area contributed by atoms with Crippen molar-refractivity contribution in [3.8, 4) is 0 Å². The van der Waals surface area contributed by atoms with Gasteiger partial charge in [0.25, 0.3) is 6.01 Å². The summed E-state index contributed by atoms with van der Waals surface area (Å²) in [5.74, 6) is 1.02. The molecule has 0 bridgehead atoms. The van der Waals surface area contributed by atoms with Crippen LogP contribution in [0.25, 0.3) is 11.1 Å². The Morgan fingerprint density at radius 3 is 2.87 bits per heavy atom. The van der Waals surface area contributed by atoms with Crippen LogP contribution >= 0.6 is 0 Å². The summed E-state index contributed by atoms with van der Waals surface area (Å²) < 4.78 is 5.91. The number of anilines is 3. The van der Waals surface area contributed by atoms with Gasteiger partial charge in [0.1, 0.15) is 11.6 Å². The van der Waals surface area contributed by atoms with Crippen LogP contribution < -0.4 is 15.1 Å². The van der Waals surface area contributed by atoms with Gasteiger partial charge in [-0.05, 0) is 36.6 Å². The topological polar surface area (TPSA) is 77.7 Å². The van der Waals surface area contributed by atoms with Gasteiger partial charge in [-0.25, -0.2) is 4.98 Å². The number of hydrogen-bond acceptors (Lipinski definition) is 7. The van der Waals surface area contributed by atoms with Crippen molar-refractivity contribution < 1.29 is 9.21 Å². The number of nitrogens with zero attached hydrogens (tertiary/aromatic N) is 5. The number of amides is 1. The molecule has 154 valence electrons. The Hall–Kier alpha value is -3.13. The SMILES string of the molecule is O=C1Nc2cc(CN3CCN(c4nc5ccccc5o4)CC3)cnc2N2CCCC12. The molecule has 0 spiro atoms. The van der Waals surface area contributed by atoms with Crippen molar-refractivity contribution in [3.05, 3.63) is 42.1 Å². The molecule has 2 aromatic heterocycles. The number of piperazine rings is 1. The number of benzene rings is 1. The highest BCUT2D eigenvalue weighted by Gasteiger charge is 2.37. The fraction of sp³-hybridized carbons (Fsp3) is 0.409. The lowest BCUT2D eigenvalue weighted by atomic mass is 10.1. The highest BCUT2D eigenvalue weighted by molar-refractivity contribution is 6.03. The van der Waals surface area contributed by atoms with Crippen molar-refractivity contribution in [1.82, 2.24) is 14.9 Å². The number of nitrogens with one attached hydrogen (secondary N) is 1. The van der Waals surface area contributed by atoms with E-state index in [4.69, 9.17) is 9.40 Å². The fourth-order valence-electron chi connectivity index (χ4n) is 4.77. The Balaban J connectivity index is 1.12. The minimum absolute atomic E-state index is 0.0456. The lowest BCUT2D eigenvalue weighted by Gasteiger charge is -2.34. The highest BCUT2D eigenvalue weighted by atomic mass is 16.4. The van der Waals surface area contributed by atoms with Gasteiger partial charge < -0.3 is 19.5 Å². The number of aromatic nitrogens is 2. The predicted octanol–water partition coefficient (Wildman–Crippen LogP) is 2.47. The third kappa shape index (κ3) is 2.99. The molecule has 3 aliphatic rings. The van der Waals surface area contributed by atoms with E-state index in [1.54, 1.807) is 0 Å². The van der Waals surface area contributed by atoms with Gasteiger partial charge in [-0.3, -0.25) is 9.69 Å². The maximum atomic E-state index is 12.4. The van der Waals surface area contributed by atoms with E-state index in [2.05, 4.69) is 31.1 Å². The molecular weight excluding hydrogens is 380 g/mol. The zero-order valence-corrected chi connectivity index (χ0v) is 16.8. The van der Waals surface area contributed by atoms with Crippen LogP contribution in [0.5, 0.6) is 0 Å². The van der Waals surface area contributed by atoms with Crippen molar-refractivity contribution >= 4 is 34.5 Å². The van der Waals surface area contributed by atoms with E-state index in [9.17, 15) is 4.79 Å². The van der Waals surface area contributed by atoms with Crippen molar-refractivity contribution in [1.29, 1.82) is 0 Å². The molecule has 0 saturated carbocycles. The van der Waals surface area contributed by atoms with E-state index in [0.717, 1.165) is 80.3 Å². The van der Waals surface area contributed by atoms with Crippen molar-refractivity contribution in [2.45, 2.75) is 25.4 Å². The first-order valence-corrected chi connectivity index (χ1v) is 10.6. The molecule has 1 aromatic carbocycles. The summed E-state index contributed by atoms with van der Waals surface area (Å²) >= 11 is 0. The van der Waals surface area contributed by atoms with Crippen LogP contribution in [0.1, 0.15) is 18.4 Å². The average Bonchev–Trinajstić information content (AvgIpc) is 3.42. The molecule has 2 saturated heterocycles. The molecule has 5 heterocycles. The smallest absolute Gasteiger partial charge is 0.298 e. The normalized spacial score (nSPS) is 21.6.